The van der Waals surface area contributed by atoms with Crippen LogP contribution in [0.25, 0.3) is 0 Å². The van der Waals surface area contributed by atoms with Crippen LogP contribution < -0.4 is 20.3 Å². The maximum Gasteiger partial charge on any atom is 0.319 e. The lowest BCUT2D eigenvalue weighted by molar-refractivity contribution is -0.132. The fourth-order valence-electron chi connectivity index (χ4n) is 3.14. The SMILES string of the molecule is CN(C)c1ccc(CNC(=O)Nc2cccc(OCC(=O)N3CCCC3)c2)cc1. The van der Waals surface area contributed by atoms with Gasteiger partial charge in [0.25, 0.3) is 5.91 Å². The molecule has 2 N–H and O–H groups in total. The molecule has 0 bridgehead atoms. The van der Waals surface area contributed by atoms with Gasteiger partial charge in [-0.2, -0.15) is 0 Å². The minimum absolute atomic E-state index is 0.00103. The van der Waals surface area contributed by atoms with Gasteiger partial charge in [-0.15, -0.1) is 0 Å². The number of carbonyl (C=O) groups is 2. The highest BCUT2D eigenvalue weighted by Gasteiger charge is 2.18. The molecule has 1 aliphatic heterocycles. The van der Waals surface area contributed by atoms with Gasteiger partial charge in [0.15, 0.2) is 6.61 Å². The second-order valence-corrected chi connectivity index (χ2v) is 7.27. The van der Waals surface area contributed by atoms with Gasteiger partial charge in [0.05, 0.1) is 0 Å². The zero-order valence-electron chi connectivity index (χ0n) is 17.0. The Morgan fingerprint density at radius 2 is 1.79 bits per heavy atom. The van der Waals surface area contributed by atoms with Crippen molar-refractivity contribution in [2.45, 2.75) is 19.4 Å². The number of ether oxygens (including phenoxy) is 1. The van der Waals surface area contributed by atoms with Crippen molar-refractivity contribution in [2.24, 2.45) is 0 Å². The third kappa shape index (κ3) is 6.14. The Bertz CT molecular complexity index is 830. The first kappa shape index (κ1) is 20.5. The normalized spacial score (nSPS) is 13.1. The molecular weight excluding hydrogens is 368 g/mol. The molecule has 0 radical (unpaired) electrons. The molecule has 1 saturated heterocycles. The Balaban J connectivity index is 1.46. The second-order valence-electron chi connectivity index (χ2n) is 7.27. The molecule has 7 nitrogen and oxygen atoms in total. The van der Waals surface area contributed by atoms with Crippen molar-refractivity contribution in [1.82, 2.24) is 10.2 Å². The van der Waals surface area contributed by atoms with Crippen LogP contribution in [0.3, 0.4) is 0 Å². The molecule has 0 aliphatic carbocycles. The third-order valence-electron chi connectivity index (χ3n) is 4.82. The summed E-state index contributed by atoms with van der Waals surface area (Å²) in [7, 11) is 3.97. The van der Waals surface area contributed by atoms with Gasteiger partial charge in [0.2, 0.25) is 0 Å². The summed E-state index contributed by atoms with van der Waals surface area (Å²) in [5, 5.41) is 5.63. The van der Waals surface area contributed by atoms with Crippen molar-refractivity contribution in [3.8, 4) is 5.75 Å². The number of nitrogens with one attached hydrogen (secondary N) is 2. The zero-order valence-corrected chi connectivity index (χ0v) is 17.0. The van der Waals surface area contributed by atoms with Crippen molar-refractivity contribution in [3.05, 3.63) is 54.1 Å². The highest BCUT2D eigenvalue weighted by Crippen LogP contribution is 2.18. The quantitative estimate of drug-likeness (QED) is 0.754. The van der Waals surface area contributed by atoms with Crippen molar-refractivity contribution in [3.63, 3.8) is 0 Å². The van der Waals surface area contributed by atoms with Crippen LogP contribution in [-0.4, -0.2) is 50.6 Å². The number of hydrogen-bond donors (Lipinski definition) is 2. The van der Waals surface area contributed by atoms with Crippen molar-refractivity contribution in [2.75, 3.05) is 44.0 Å². The molecule has 1 fully saturated rings. The van der Waals surface area contributed by atoms with Gasteiger partial charge in [0.1, 0.15) is 5.75 Å². The van der Waals surface area contributed by atoms with Gasteiger partial charge in [0, 0.05) is 51.2 Å². The number of nitrogens with zero attached hydrogens (tertiary/aromatic N) is 2. The van der Waals surface area contributed by atoms with E-state index in [1.54, 1.807) is 24.3 Å². The first-order valence-electron chi connectivity index (χ1n) is 9.83. The summed E-state index contributed by atoms with van der Waals surface area (Å²) in [6, 6.07) is 14.7. The van der Waals surface area contributed by atoms with Gasteiger partial charge in [-0.3, -0.25) is 4.79 Å². The number of amides is 3. The number of urea groups is 1. The summed E-state index contributed by atoms with van der Waals surface area (Å²) < 4.78 is 5.60. The lowest BCUT2D eigenvalue weighted by Gasteiger charge is -2.16. The minimum Gasteiger partial charge on any atom is -0.484 e. The fourth-order valence-corrected chi connectivity index (χ4v) is 3.14. The van der Waals surface area contributed by atoms with Crippen LogP contribution >= 0.6 is 0 Å². The van der Waals surface area contributed by atoms with Crippen LogP contribution in [0.5, 0.6) is 5.75 Å². The molecule has 2 aromatic carbocycles. The van der Waals surface area contributed by atoms with E-state index >= 15 is 0 Å². The number of hydrogen-bond acceptors (Lipinski definition) is 4. The smallest absolute Gasteiger partial charge is 0.319 e. The maximum atomic E-state index is 12.2. The fraction of sp³-hybridized carbons (Fsp3) is 0.364. The van der Waals surface area contributed by atoms with E-state index in [0.717, 1.165) is 37.2 Å². The summed E-state index contributed by atoms with van der Waals surface area (Å²) in [6.45, 7) is 2.06. The van der Waals surface area contributed by atoms with Crippen LogP contribution in [0.2, 0.25) is 0 Å². The predicted octanol–water partition coefficient (Wildman–Crippen LogP) is 3.08. The van der Waals surface area contributed by atoms with Crippen LogP contribution in [0.1, 0.15) is 18.4 Å². The second kappa shape index (κ2) is 9.82. The number of rotatable bonds is 7. The number of carbonyl (C=O) groups excluding carboxylic acids is 2. The highest BCUT2D eigenvalue weighted by atomic mass is 16.5. The van der Waals surface area contributed by atoms with E-state index in [2.05, 4.69) is 10.6 Å². The van der Waals surface area contributed by atoms with Crippen LogP contribution in [0, 0.1) is 0 Å². The van der Waals surface area contributed by atoms with Crippen molar-refractivity contribution < 1.29 is 14.3 Å². The van der Waals surface area contributed by atoms with Gasteiger partial charge in [-0.1, -0.05) is 18.2 Å². The number of anilines is 2. The molecule has 2 aromatic rings. The lowest BCUT2D eigenvalue weighted by Crippen LogP contribution is -2.32. The topological polar surface area (TPSA) is 73.9 Å². The molecule has 0 atom stereocenters. The Morgan fingerprint density at radius 3 is 2.48 bits per heavy atom. The van der Waals surface area contributed by atoms with Gasteiger partial charge in [-0.25, -0.2) is 4.79 Å². The number of benzene rings is 2. The molecule has 0 spiro atoms. The molecule has 0 aromatic heterocycles. The van der Waals surface area contributed by atoms with Gasteiger partial charge >= 0.3 is 6.03 Å². The van der Waals surface area contributed by atoms with Crippen LogP contribution in [0.15, 0.2) is 48.5 Å². The molecule has 0 saturated carbocycles. The van der Waals surface area contributed by atoms with Gasteiger partial charge in [-0.05, 0) is 42.7 Å². The molecule has 0 unspecified atom stereocenters. The molecular formula is C22H28N4O3. The minimum atomic E-state index is -0.299. The average Bonchev–Trinajstić information content (AvgIpc) is 3.26. The summed E-state index contributed by atoms with van der Waals surface area (Å²) in [5.74, 6) is 0.550. The molecule has 7 heteroatoms. The van der Waals surface area contributed by atoms with E-state index in [4.69, 9.17) is 4.74 Å². The molecule has 3 rings (SSSR count). The monoisotopic (exact) mass is 396 g/mol. The van der Waals surface area contributed by atoms with Crippen molar-refractivity contribution >= 4 is 23.3 Å². The first-order valence-corrected chi connectivity index (χ1v) is 9.83. The third-order valence-corrected chi connectivity index (χ3v) is 4.82. The van der Waals surface area contributed by atoms with E-state index < -0.39 is 0 Å². The van der Waals surface area contributed by atoms with Crippen LogP contribution in [0.4, 0.5) is 16.2 Å². The standard InChI is InChI=1S/C22H28N4O3/c1-25(2)19-10-8-17(9-11-19)15-23-22(28)24-18-6-5-7-20(14-18)29-16-21(27)26-12-3-4-13-26/h5-11,14H,3-4,12-13,15-16H2,1-2H3,(H2,23,24,28). The van der Waals surface area contributed by atoms with Gasteiger partial charge < -0.3 is 25.2 Å². The maximum absolute atomic E-state index is 12.2. The largest absolute Gasteiger partial charge is 0.484 e. The van der Waals surface area contributed by atoms with Crippen LogP contribution in [-0.2, 0) is 11.3 Å². The Morgan fingerprint density at radius 1 is 1.07 bits per heavy atom. The van der Waals surface area contributed by atoms with E-state index in [1.165, 1.54) is 0 Å². The summed E-state index contributed by atoms with van der Waals surface area (Å²) in [6.07, 6.45) is 2.11. The Kier molecular flexibility index (Phi) is 6.94. The molecule has 1 heterocycles. The Hall–Kier alpha value is -3.22. The summed E-state index contributed by atoms with van der Waals surface area (Å²) >= 11 is 0. The molecule has 1 aliphatic rings. The van der Waals surface area contributed by atoms with E-state index in [0.29, 0.717) is 18.0 Å². The first-order chi connectivity index (χ1) is 14.0. The van der Waals surface area contributed by atoms with E-state index in [9.17, 15) is 9.59 Å². The Labute approximate surface area is 171 Å². The zero-order chi connectivity index (χ0) is 20.6. The summed E-state index contributed by atoms with van der Waals surface area (Å²) in [5.41, 5.74) is 2.73. The van der Waals surface area contributed by atoms with E-state index in [1.807, 2.05) is 48.2 Å². The molecule has 154 valence electrons. The average molecular weight is 396 g/mol. The summed E-state index contributed by atoms with van der Waals surface area (Å²) in [4.78, 5) is 28.1. The van der Waals surface area contributed by atoms with E-state index in [-0.39, 0.29) is 18.5 Å². The number of likely N-dealkylation sites (tertiary alicyclic amines) is 1. The lowest BCUT2D eigenvalue weighted by atomic mass is 10.2. The highest BCUT2D eigenvalue weighted by molar-refractivity contribution is 5.89. The molecule has 29 heavy (non-hydrogen) atoms. The molecule has 3 amide bonds. The van der Waals surface area contributed by atoms with Crippen molar-refractivity contribution in [1.29, 1.82) is 0 Å². The predicted molar refractivity (Wildman–Crippen MR) is 114 cm³/mol.